The second kappa shape index (κ2) is 6.81. The Morgan fingerprint density at radius 1 is 1.50 bits per heavy atom. The summed E-state index contributed by atoms with van der Waals surface area (Å²) in [5.74, 6) is 0.850. The van der Waals surface area contributed by atoms with Crippen molar-refractivity contribution in [2.45, 2.75) is 18.2 Å². The van der Waals surface area contributed by atoms with Crippen molar-refractivity contribution < 1.29 is 9.53 Å². The van der Waals surface area contributed by atoms with Gasteiger partial charge in [0.1, 0.15) is 5.75 Å². The summed E-state index contributed by atoms with van der Waals surface area (Å²) in [6, 6.07) is 5.89. The molecule has 0 radical (unpaired) electrons. The number of hydrogen-bond donors (Lipinski definition) is 0. The van der Waals surface area contributed by atoms with E-state index < -0.39 is 0 Å². The third-order valence-electron chi connectivity index (χ3n) is 2.11. The number of carbonyl (C=O) groups excluding carboxylic acids is 1. The summed E-state index contributed by atoms with van der Waals surface area (Å²) in [6.45, 7) is 2.53. The maximum absolute atomic E-state index is 11.3. The van der Waals surface area contributed by atoms with E-state index in [0.717, 1.165) is 16.2 Å². The van der Waals surface area contributed by atoms with Gasteiger partial charge in [0.2, 0.25) is 0 Å². The van der Waals surface area contributed by atoms with E-state index in [9.17, 15) is 4.79 Å². The summed E-state index contributed by atoms with van der Waals surface area (Å²) in [5, 5.41) is 0. The van der Waals surface area contributed by atoms with Gasteiger partial charge < -0.3 is 4.74 Å². The molecule has 1 rings (SSSR count). The minimum absolute atomic E-state index is 0.0134. The van der Waals surface area contributed by atoms with Crippen LogP contribution >= 0.6 is 23.4 Å². The van der Waals surface area contributed by atoms with Gasteiger partial charge in [-0.3, -0.25) is 4.79 Å². The van der Waals surface area contributed by atoms with Crippen molar-refractivity contribution in [3.05, 3.63) is 23.8 Å². The lowest BCUT2D eigenvalue weighted by Gasteiger charge is -2.10. The maximum atomic E-state index is 11.3. The summed E-state index contributed by atoms with van der Waals surface area (Å²) in [4.78, 5) is 12.4. The van der Waals surface area contributed by atoms with Gasteiger partial charge in [0.05, 0.1) is 12.5 Å². The highest BCUT2D eigenvalue weighted by Gasteiger charge is 2.09. The van der Waals surface area contributed by atoms with Crippen molar-refractivity contribution in [3.8, 4) is 5.75 Å². The SMILES string of the molecule is CCOc1cc(SC)ccc1CC(=O)CCl. The zero-order chi connectivity index (χ0) is 12.0. The quantitative estimate of drug-likeness (QED) is 0.579. The van der Waals surface area contributed by atoms with Crippen molar-refractivity contribution in [1.29, 1.82) is 0 Å². The van der Waals surface area contributed by atoms with Crippen LogP contribution in [0.3, 0.4) is 0 Å². The van der Waals surface area contributed by atoms with Gasteiger partial charge in [-0.05, 0) is 25.3 Å². The van der Waals surface area contributed by atoms with Gasteiger partial charge in [-0.2, -0.15) is 0 Å². The number of ether oxygens (including phenoxy) is 1. The maximum Gasteiger partial charge on any atom is 0.152 e. The van der Waals surface area contributed by atoms with E-state index in [0.29, 0.717) is 13.0 Å². The van der Waals surface area contributed by atoms with E-state index in [1.165, 1.54) is 0 Å². The number of ketones is 1. The van der Waals surface area contributed by atoms with E-state index in [-0.39, 0.29) is 11.7 Å². The van der Waals surface area contributed by atoms with Gasteiger partial charge in [0.25, 0.3) is 0 Å². The van der Waals surface area contributed by atoms with Gasteiger partial charge in [-0.25, -0.2) is 0 Å². The Bertz CT molecular complexity index is 366. The first-order valence-electron chi connectivity index (χ1n) is 5.08. The van der Waals surface area contributed by atoms with Crippen LogP contribution in [0.5, 0.6) is 5.75 Å². The standard InChI is InChI=1S/C12H15ClO2S/c1-3-15-12-7-11(16-2)5-4-9(12)6-10(14)8-13/h4-5,7H,3,6,8H2,1-2H3. The number of thioether (sulfide) groups is 1. The van der Waals surface area contributed by atoms with Crippen LogP contribution in [0.1, 0.15) is 12.5 Å². The van der Waals surface area contributed by atoms with Crippen molar-refractivity contribution in [3.63, 3.8) is 0 Å². The van der Waals surface area contributed by atoms with Gasteiger partial charge in [0, 0.05) is 16.9 Å². The molecule has 0 amide bonds. The molecule has 0 atom stereocenters. The zero-order valence-electron chi connectivity index (χ0n) is 9.46. The van der Waals surface area contributed by atoms with Crippen molar-refractivity contribution >= 4 is 29.1 Å². The number of hydrogen-bond acceptors (Lipinski definition) is 3. The summed E-state index contributed by atoms with van der Waals surface area (Å²) < 4.78 is 5.52. The van der Waals surface area contributed by atoms with Crippen LogP contribution in [0.4, 0.5) is 0 Å². The first kappa shape index (κ1) is 13.4. The van der Waals surface area contributed by atoms with Gasteiger partial charge >= 0.3 is 0 Å². The fraction of sp³-hybridized carbons (Fsp3) is 0.417. The lowest BCUT2D eigenvalue weighted by atomic mass is 10.1. The Morgan fingerprint density at radius 2 is 2.25 bits per heavy atom. The number of carbonyl (C=O) groups is 1. The van der Waals surface area contributed by atoms with E-state index in [1.54, 1.807) is 11.8 Å². The molecule has 1 aromatic carbocycles. The normalized spacial score (nSPS) is 10.2. The topological polar surface area (TPSA) is 26.3 Å². The molecule has 0 heterocycles. The molecule has 0 saturated heterocycles. The molecule has 0 aliphatic rings. The van der Waals surface area contributed by atoms with Crippen molar-refractivity contribution in [1.82, 2.24) is 0 Å². The van der Waals surface area contributed by atoms with Gasteiger partial charge in [-0.15, -0.1) is 23.4 Å². The van der Waals surface area contributed by atoms with Crippen LogP contribution in [0.2, 0.25) is 0 Å². The molecule has 0 spiro atoms. The highest BCUT2D eigenvalue weighted by atomic mass is 35.5. The number of benzene rings is 1. The fourth-order valence-electron chi connectivity index (χ4n) is 1.36. The van der Waals surface area contributed by atoms with Gasteiger partial charge in [-0.1, -0.05) is 6.07 Å². The number of halogens is 1. The first-order chi connectivity index (χ1) is 7.71. The van der Waals surface area contributed by atoms with E-state index >= 15 is 0 Å². The highest BCUT2D eigenvalue weighted by molar-refractivity contribution is 7.98. The molecule has 0 unspecified atom stereocenters. The second-order valence-electron chi connectivity index (χ2n) is 3.26. The molecule has 0 aliphatic carbocycles. The summed E-state index contributed by atoms with van der Waals surface area (Å²) in [6.07, 6.45) is 2.35. The molecule has 0 bridgehead atoms. The summed E-state index contributed by atoms with van der Waals surface area (Å²) in [7, 11) is 0. The van der Waals surface area contributed by atoms with Crippen LogP contribution in [0.15, 0.2) is 23.1 Å². The average Bonchev–Trinajstić information content (AvgIpc) is 2.31. The van der Waals surface area contributed by atoms with Crippen LogP contribution < -0.4 is 4.74 Å². The Morgan fingerprint density at radius 3 is 2.81 bits per heavy atom. The van der Waals surface area contributed by atoms with E-state index in [4.69, 9.17) is 16.3 Å². The van der Waals surface area contributed by atoms with E-state index in [2.05, 4.69) is 0 Å². The minimum Gasteiger partial charge on any atom is -0.494 e. The largest absolute Gasteiger partial charge is 0.494 e. The summed E-state index contributed by atoms with van der Waals surface area (Å²) in [5.41, 5.74) is 0.908. The summed E-state index contributed by atoms with van der Waals surface area (Å²) >= 11 is 7.15. The predicted molar refractivity (Wildman–Crippen MR) is 68.8 cm³/mol. The monoisotopic (exact) mass is 258 g/mol. The molecule has 1 aromatic rings. The van der Waals surface area contributed by atoms with Crippen LogP contribution in [0.25, 0.3) is 0 Å². The molecule has 0 N–H and O–H groups in total. The predicted octanol–water partition coefficient (Wildman–Crippen LogP) is 3.16. The zero-order valence-corrected chi connectivity index (χ0v) is 11.0. The second-order valence-corrected chi connectivity index (χ2v) is 4.40. The third kappa shape index (κ3) is 3.72. The Kier molecular flexibility index (Phi) is 5.71. The van der Waals surface area contributed by atoms with Crippen LogP contribution in [-0.4, -0.2) is 24.5 Å². The molecule has 2 nitrogen and oxygen atoms in total. The molecule has 88 valence electrons. The molecule has 0 aromatic heterocycles. The molecule has 0 aliphatic heterocycles. The van der Waals surface area contributed by atoms with Gasteiger partial charge in [0.15, 0.2) is 5.78 Å². The van der Waals surface area contributed by atoms with Crippen molar-refractivity contribution in [2.24, 2.45) is 0 Å². The third-order valence-corrected chi connectivity index (χ3v) is 3.13. The molecular weight excluding hydrogens is 244 g/mol. The smallest absolute Gasteiger partial charge is 0.152 e. The molecule has 4 heteroatoms. The van der Waals surface area contributed by atoms with E-state index in [1.807, 2.05) is 31.4 Å². The first-order valence-corrected chi connectivity index (χ1v) is 6.84. The fourth-order valence-corrected chi connectivity index (χ4v) is 1.88. The minimum atomic E-state index is 0.0134. The average molecular weight is 259 g/mol. The molecule has 0 saturated carbocycles. The van der Waals surface area contributed by atoms with Crippen LogP contribution in [-0.2, 0) is 11.2 Å². The van der Waals surface area contributed by atoms with Crippen LogP contribution in [0, 0.1) is 0 Å². The Labute approximate surface area is 105 Å². The lowest BCUT2D eigenvalue weighted by Crippen LogP contribution is -2.06. The molecule has 16 heavy (non-hydrogen) atoms. The Hall–Kier alpha value is -0.670. The number of Topliss-reactive ketones (excluding diaryl/α,β-unsaturated/α-hetero) is 1. The van der Waals surface area contributed by atoms with Crippen molar-refractivity contribution in [2.75, 3.05) is 18.7 Å². The molecule has 0 fully saturated rings. The lowest BCUT2D eigenvalue weighted by molar-refractivity contribution is -0.116. The number of rotatable bonds is 6. The Balaban J connectivity index is 2.93. The highest BCUT2D eigenvalue weighted by Crippen LogP contribution is 2.26. The molecular formula is C12H15ClO2S. The number of alkyl halides is 1.